The number of carbonyl (C=O) groups excluding carboxylic acids is 1. The van der Waals surface area contributed by atoms with Crippen molar-refractivity contribution in [2.24, 2.45) is 5.92 Å². The Morgan fingerprint density at radius 2 is 2.24 bits per heavy atom. The molecule has 0 saturated heterocycles. The molecule has 0 radical (unpaired) electrons. The number of amides is 1. The van der Waals surface area contributed by atoms with Gasteiger partial charge in [-0.2, -0.15) is 0 Å². The van der Waals surface area contributed by atoms with E-state index in [9.17, 15) is 9.59 Å². The monoisotopic (exact) mass is 256 g/mol. The third-order valence-electron chi connectivity index (χ3n) is 2.07. The van der Waals surface area contributed by atoms with Gasteiger partial charge in [0.05, 0.1) is 5.02 Å². The van der Waals surface area contributed by atoms with Crippen LogP contribution in [0.3, 0.4) is 0 Å². The highest BCUT2D eigenvalue weighted by molar-refractivity contribution is 6.33. The molecule has 0 spiro atoms. The summed E-state index contributed by atoms with van der Waals surface area (Å²) in [5.74, 6) is -1.14. The zero-order valence-corrected chi connectivity index (χ0v) is 10.1. The van der Waals surface area contributed by atoms with Gasteiger partial charge in [0.15, 0.2) is 5.82 Å². The Morgan fingerprint density at radius 3 is 2.82 bits per heavy atom. The van der Waals surface area contributed by atoms with Crippen LogP contribution in [0.4, 0.5) is 5.82 Å². The first-order chi connectivity index (χ1) is 7.99. The van der Waals surface area contributed by atoms with Crippen LogP contribution in [0.1, 0.15) is 19.8 Å². The molecular weight excluding hydrogens is 244 g/mol. The van der Waals surface area contributed by atoms with E-state index < -0.39 is 5.97 Å². The summed E-state index contributed by atoms with van der Waals surface area (Å²) in [5, 5.41) is 11.5. The van der Waals surface area contributed by atoms with Crippen LogP contribution in [-0.2, 0) is 9.59 Å². The van der Waals surface area contributed by atoms with E-state index in [2.05, 4.69) is 10.3 Å². The van der Waals surface area contributed by atoms with Gasteiger partial charge >= 0.3 is 5.97 Å². The Hall–Kier alpha value is -1.62. The van der Waals surface area contributed by atoms with E-state index in [1.807, 2.05) is 0 Å². The second-order valence-corrected chi connectivity index (χ2v) is 4.20. The lowest BCUT2D eigenvalue weighted by molar-refractivity contribution is -0.138. The number of hydrogen-bond donors (Lipinski definition) is 2. The zero-order chi connectivity index (χ0) is 12.8. The van der Waals surface area contributed by atoms with Crippen LogP contribution in [0.25, 0.3) is 0 Å². The number of pyridine rings is 1. The van der Waals surface area contributed by atoms with Crippen molar-refractivity contribution in [1.29, 1.82) is 0 Å². The molecule has 0 aromatic carbocycles. The maximum Gasteiger partial charge on any atom is 0.303 e. The van der Waals surface area contributed by atoms with Crippen LogP contribution in [0, 0.1) is 5.92 Å². The molecule has 2 N–H and O–H groups in total. The predicted octanol–water partition coefficient (Wildman–Crippen LogP) is 2.17. The number of nitrogens with one attached hydrogen (secondary N) is 1. The Morgan fingerprint density at radius 1 is 1.53 bits per heavy atom. The summed E-state index contributed by atoms with van der Waals surface area (Å²) >= 11 is 5.82. The summed E-state index contributed by atoms with van der Waals surface area (Å²) < 4.78 is 0. The van der Waals surface area contributed by atoms with Gasteiger partial charge in [-0.05, 0) is 18.1 Å². The van der Waals surface area contributed by atoms with E-state index in [0.29, 0.717) is 10.8 Å². The van der Waals surface area contributed by atoms with Crippen molar-refractivity contribution in [2.45, 2.75) is 19.8 Å². The SMILES string of the molecule is CC(CC(=O)O)CC(=O)Nc1ncccc1Cl. The summed E-state index contributed by atoms with van der Waals surface area (Å²) in [6.45, 7) is 1.70. The minimum atomic E-state index is -0.916. The topological polar surface area (TPSA) is 79.3 Å². The van der Waals surface area contributed by atoms with Gasteiger partial charge < -0.3 is 10.4 Å². The first-order valence-corrected chi connectivity index (χ1v) is 5.49. The lowest BCUT2D eigenvalue weighted by atomic mass is 10.0. The number of nitrogens with zero attached hydrogens (tertiary/aromatic N) is 1. The van der Waals surface area contributed by atoms with Crippen LogP contribution < -0.4 is 5.32 Å². The van der Waals surface area contributed by atoms with Crippen molar-refractivity contribution in [3.8, 4) is 0 Å². The van der Waals surface area contributed by atoms with E-state index in [-0.39, 0.29) is 24.7 Å². The molecule has 17 heavy (non-hydrogen) atoms. The second kappa shape index (κ2) is 6.20. The highest BCUT2D eigenvalue weighted by Crippen LogP contribution is 2.18. The van der Waals surface area contributed by atoms with Crippen molar-refractivity contribution in [1.82, 2.24) is 4.98 Å². The fourth-order valence-corrected chi connectivity index (χ4v) is 1.52. The zero-order valence-electron chi connectivity index (χ0n) is 9.31. The van der Waals surface area contributed by atoms with E-state index in [1.165, 1.54) is 6.20 Å². The molecule has 0 aliphatic heterocycles. The van der Waals surface area contributed by atoms with Crippen molar-refractivity contribution in [3.05, 3.63) is 23.4 Å². The largest absolute Gasteiger partial charge is 0.481 e. The van der Waals surface area contributed by atoms with Gasteiger partial charge in [0, 0.05) is 19.0 Å². The highest BCUT2D eigenvalue weighted by atomic mass is 35.5. The Labute approximate surface area is 104 Å². The quantitative estimate of drug-likeness (QED) is 0.846. The van der Waals surface area contributed by atoms with Gasteiger partial charge in [-0.15, -0.1) is 0 Å². The molecule has 92 valence electrons. The molecule has 0 saturated carbocycles. The number of anilines is 1. The van der Waals surface area contributed by atoms with Gasteiger partial charge in [-0.3, -0.25) is 9.59 Å². The van der Waals surface area contributed by atoms with Crippen molar-refractivity contribution >= 4 is 29.3 Å². The van der Waals surface area contributed by atoms with Crippen molar-refractivity contribution in [2.75, 3.05) is 5.32 Å². The van der Waals surface area contributed by atoms with Crippen LogP contribution in [0.5, 0.6) is 0 Å². The molecule has 6 heteroatoms. The molecular formula is C11H13ClN2O3. The number of aliphatic carboxylic acids is 1. The Balaban J connectivity index is 2.50. The number of carboxylic acids is 1. The van der Waals surface area contributed by atoms with E-state index in [1.54, 1.807) is 19.1 Å². The number of halogens is 1. The molecule has 1 heterocycles. The Bertz CT molecular complexity index is 423. The van der Waals surface area contributed by atoms with Gasteiger partial charge in [-0.1, -0.05) is 18.5 Å². The number of carboxylic acid groups (broad SMARTS) is 1. The van der Waals surface area contributed by atoms with E-state index >= 15 is 0 Å². The molecule has 1 aromatic heterocycles. The third kappa shape index (κ3) is 4.82. The molecule has 1 aromatic rings. The molecule has 0 fully saturated rings. The average Bonchev–Trinajstić information content (AvgIpc) is 2.19. The normalized spacial score (nSPS) is 11.9. The average molecular weight is 257 g/mol. The molecule has 1 amide bonds. The van der Waals surface area contributed by atoms with Gasteiger partial charge in [-0.25, -0.2) is 4.98 Å². The molecule has 1 unspecified atom stereocenters. The second-order valence-electron chi connectivity index (χ2n) is 3.79. The van der Waals surface area contributed by atoms with Gasteiger partial charge in [0.2, 0.25) is 5.91 Å². The fraction of sp³-hybridized carbons (Fsp3) is 0.364. The Kier molecular flexibility index (Phi) is 4.90. The van der Waals surface area contributed by atoms with Gasteiger partial charge in [0.1, 0.15) is 0 Å². The summed E-state index contributed by atoms with van der Waals surface area (Å²) in [7, 11) is 0. The third-order valence-corrected chi connectivity index (χ3v) is 2.38. The summed E-state index contributed by atoms with van der Waals surface area (Å²) in [5.41, 5.74) is 0. The number of hydrogen-bond acceptors (Lipinski definition) is 3. The number of aromatic nitrogens is 1. The summed E-state index contributed by atoms with van der Waals surface area (Å²) in [6, 6.07) is 3.27. The highest BCUT2D eigenvalue weighted by Gasteiger charge is 2.13. The first kappa shape index (κ1) is 13.4. The first-order valence-electron chi connectivity index (χ1n) is 5.11. The minimum absolute atomic E-state index is 0.0383. The van der Waals surface area contributed by atoms with Crippen LogP contribution >= 0.6 is 11.6 Å². The maximum atomic E-state index is 11.6. The van der Waals surface area contributed by atoms with Crippen LogP contribution in [0.2, 0.25) is 5.02 Å². The molecule has 0 bridgehead atoms. The van der Waals surface area contributed by atoms with Crippen LogP contribution in [0.15, 0.2) is 18.3 Å². The molecule has 0 aliphatic carbocycles. The lowest BCUT2D eigenvalue weighted by Crippen LogP contribution is -2.17. The molecule has 5 nitrogen and oxygen atoms in total. The van der Waals surface area contributed by atoms with E-state index in [0.717, 1.165) is 0 Å². The lowest BCUT2D eigenvalue weighted by Gasteiger charge is -2.09. The maximum absolute atomic E-state index is 11.6. The minimum Gasteiger partial charge on any atom is -0.481 e. The standard InChI is InChI=1S/C11H13ClN2O3/c1-7(6-10(16)17)5-9(15)14-11-8(12)3-2-4-13-11/h2-4,7H,5-6H2,1H3,(H,16,17)(H,13,14,15). The van der Waals surface area contributed by atoms with Crippen LogP contribution in [-0.4, -0.2) is 22.0 Å². The summed E-state index contributed by atoms with van der Waals surface area (Å²) in [4.78, 5) is 25.9. The molecule has 1 atom stereocenters. The van der Waals surface area contributed by atoms with Gasteiger partial charge in [0.25, 0.3) is 0 Å². The molecule has 0 aliphatic rings. The van der Waals surface area contributed by atoms with Crippen molar-refractivity contribution < 1.29 is 14.7 Å². The smallest absolute Gasteiger partial charge is 0.303 e. The predicted molar refractivity (Wildman–Crippen MR) is 63.9 cm³/mol. The van der Waals surface area contributed by atoms with E-state index in [4.69, 9.17) is 16.7 Å². The number of rotatable bonds is 5. The fourth-order valence-electron chi connectivity index (χ4n) is 1.35. The van der Waals surface area contributed by atoms with Crippen molar-refractivity contribution in [3.63, 3.8) is 0 Å². The summed E-state index contributed by atoms with van der Waals surface area (Å²) in [6.07, 6.45) is 1.60. The molecule has 1 rings (SSSR count). The number of carbonyl (C=O) groups is 2.